The van der Waals surface area contributed by atoms with Gasteiger partial charge in [0.2, 0.25) is 0 Å². The van der Waals surface area contributed by atoms with Gasteiger partial charge in [-0.15, -0.1) is 0 Å². The summed E-state index contributed by atoms with van der Waals surface area (Å²) in [7, 11) is 0. The van der Waals surface area contributed by atoms with Crippen LogP contribution in [0.2, 0.25) is 0 Å². The normalized spacial score (nSPS) is 13.5. The van der Waals surface area contributed by atoms with Crippen LogP contribution in [-0.4, -0.2) is 23.6 Å². The standard InChI is InChI=1S/C13H27NS/c1-10(2)12(5)9-15-8-7-13(6)14-11(3)4/h10-11,13-14H,5,7-9H2,1-4,6H3. The summed E-state index contributed by atoms with van der Waals surface area (Å²) >= 11 is 2.01. The highest BCUT2D eigenvalue weighted by atomic mass is 32.2. The molecule has 0 fully saturated rings. The predicted octanol–water partition coefficient (Wildman–Crippen LogP) is 3.71. The van der Waals surface area contributed by atoms with Gasteiger partial charge in [0.1, 0.15) is 0 Å². The van der Waals surface area contributed by atoms with E-state index in [0.717, 1.165) is 5.75 Å². The molecule has 0 rings (SSSR count). The highest BCUT2D eigenvalue weighted by Crippen LogP contribution is 2.15. The van der Waals surface area contributed by atoms with Gasteiger partial charge in [0.25, 0.3) is 0 Å². The van der Waals surface area contributed by atoms with Gasteiger partial charge >= 0.3 is 0 Å². The van der Waals surface area contributed by atoms with E-state index in [2.05, 4.69) is 46.5 Å². The molecule has 0 aliphatic heterocycles. The molecule has 15 heavy (non-hydrogen) atoms. The quantitative estimate of drug-likeness (QED) is 0.503. The monoisotopic (exact) mass is 229 g/mol. The Morgan fingerprint density at radius 3 is 2.27 bits per heavy atom. The average Bonchev–Trinajstić information content (AvgIpc) is 2.10. The van der Waals surface area contributed by atoms with Gasteiger partial charge < -0.3 is 5.32 Å². The van der Waals surface area contributed by atoms with E-state index in [9.17, 15) is 0 Å². The van der Waals surface area contributed by atoms with Crippen LogP contribution in [0.25, 0.3) is 0 Å². The van der Waals surface area contributed by atoms with E-state index in [-0.39, 0.29) is 0 Å². The predicted molar refractivity (Wildman–Crippen MR) is 73.7 cm³/mol. The van der Waals surface area contributed by atoms with Crippen molar-refractivity contribution in [1.29, 1.82) is 0 Å². The minimum absolute atomic E-state index is 0.593. The minimum atomic E-state index is 0.593. The molecule has 0 saturated carbocycles. The number of thioether (sulfide) groups is 1. The Morgan fingerprint density at radius 1 is 1.20 bits per heavy atom. The van der Waals surface area contributed by atoms with E-state index < -0.39 is 0 Å². The number of hydrogen-bond acceptors (Lipinski definition) is 2. The highest BCUT2D eigenvalue weighted by Gasteiger charge is 2.04. The molecule has 1 nitrogen and oxygen atoms in total. The Hall–Kier alpha value is 0.0500. The first-order valence-corrected chi connectivity index (χ1v) is 7.10. The fraction of sp³-hybridized carbons (Fsp3) is 0.846. The second-order valence-corrected chi connectivity index (χ2v) is 5.98. The van der Waals surface area contributed by atoms with E-state index in [1.807, 2.05) is 11.8 Å². The molecular weight excluding hydrogens is 202 g/mol. The third kappa shape index (κ3) is 9.01. The van der Waals surface area contributed by atoms with Gasteiger partial charge in [-0.25, -0.2) is 0 Å². The summed E-state index contributed by atoms with van der Waals surface area (Å²) in [6.45, 7) is 15.2. The Morgan fingerprint density at radius 2 is 1.80 bits per heavy atom. The van der Waals surface area contributed by atoms with Crippen LogP contribution in [0, 0.1) is 5.92 Å². The maximum absolute atomic E-state index is 4.08. The van der Waals surface area contributed by atoms with Crippen molar-refractivity contribution in [1.82, 2.24) is 5.32 Å². The van der Waals surface area contributed by atoms with Crippen molar-refractivity contribution in [2.45, 2.75) is 53.1 Å². The lowest BCUT2D eigenvalue weighted by atomic mass is 10.1. The Balaban J connectivity index is 3.42. The second-order valence-electron chi connectivity index (χ2n) is 4.88. The molecule has 0 bridgehead atoms. The molecule has 0 heterocycles. The average molecular weight is 229 g/mol. The smallest absolute Gasteiger partial charge is 0.0143 e. The first kappa shape index (κ1) is 15.0. The Bertz CT molecular complexity index is 175. The molecule has 0 aliphatic carbocycles. The van der Waals surface area contributed by atoms with Crippen molar-refractivity contribution in [3.05, 3.63) is 12.2 Å². The second kappa shape index (κ2) is 8.23. The Kier molecular flexibility index (Phi) is 8.26. The molecule has 0 saturated heterocycles. The summed E-state index contributed by atoms with van der Waals surface area (Å²) in [5, 5.41) is 3.52. The molecule has 90 valence electrons. The van der Waals surface area contributed by atoms with Crippen molar-refractivity contribution >= 4 is 11.8 Å². The first-order chi connectivity index (χ1) is 6.93. The molecule has 0 aromatic heterocycles. The molecule has 1 N–H and O–H groups in total. The lowest BCUT2D eigenvalue weighted by molar-refractivity contribution is 0.482. The summed E-state index contributed by atoms with van der Waals surface area (Å²) in [5.41, 5.74) is 1.37. The summed E-state index contributed by atoms with van der Waals surface area (Å²) in [5.74, 6) is 2.97. The van der Waals surface area contributed by atoms with Gasteiger partial charge in [0.15, 0.2) is 0 Å². The van der Waals surface area contributed by atoms with Crippen LogP contribution < -0.4 is 5.32 Å². The van der Waals surface area contributed by atoms with Crippen LogP contribution in [0.5, 0.6) is 0 Å². The topological polar surface area (TPSA) is 12.0 Å². The van der Waals surface area contributed by atoms with Crippen LogP contribution in [0.4, 0.5) is 0 Å². The van der Waals surface area contributed by atoms with Crippen molar-refractivity contribution in [2.75, 3.05) is 11.5 Å². The Labute approximate surface area is 100 Å². The molecular formula is C13H27NS. The first-order valence-electron chi connectivity index (χ1n) is 5.95. The van der Waals surface area contributed by atoms with E-state index in [0.29, 0.717) is 18.0 Å². The molecule has 0 aliphatic rings. The largest absolute Gasteiger partial charge is 0.312 e. The van der Waals surface area contributed by atoms with Crippen LogP contribution >= 0.6 is 11.8 Å². The van der Waals surface area contributed by atoms with E-state index in [4.69, 9.17) is 0 Å². The fourth-order valence-electron chi connectivity index (χ4n) is 1.28. The van der Waals surface area contributed by atoms with E-state index >= 15 is 0 Å². The van der Waals surface area contributed by atoms with Gasteiger partial charge in [0.05, 0.1) is 0 Å². The van der Waals surface area contributed by atoms with Gasteiger partial charge in [0, 0.05) is 17.8 Å². The summed E-state index contributed by atoms with van der Waals surface area (Å²) in [6.07, 6.45) is 1.24. The fourth-order valence-corrected chi connectivity index (χ4v) is 2.54. The number of rotatable bonds is 8. The zero-order chi connectivity index (χ0) is 11.8. The molecule has 0 spiro atoms. The zero-order valence-electron chi connectivity index (χ0n) is 11.0. The van der Waals surface area contributed by atoms with Gasteiger partial charge in [-0.3, -0.25) is 0 Å². The zero-order valence-corrected chi connectivity index (χ0v) is 11.8. The summed E-state index contributed by atoms with van der Waals surface area (Å²) in [4.78, 5) is 0. The SMILES string of the molecule is C=C(CSCCC(C)NC(C)C)C(C)C. The van der Waals surface area contributed by atoms with Crippen LogP contribution in [0.1, 0.15) is 41.0 Å². The molecule has 1 atom stereocenters. The lowest BCUT2D eigenvalue weighted by Gasteiger charge is -2.16. The van der Waals surface area contributed by atoms with Crippen molar-refractivity contribution in [3.8, 4) is 0 Å². The van der Waals surface area contributed by atoms with Crippen LogP contribution in [-0.2, 0) is 0 Å². The summed E-state index contributed by atoms with van der Waals surface area (Å²) in [6, 6.07) is 1.22. The van der Waals surface area contributed by atoms with E-state index in [1.165, 1.54) is 17.7 Å². The van der Waals surface area contributed by atoms with Gasteiger partial charge in [-0.05, 0) is 25.0 Å². The molecule has 1 unspecified atom stereocenters. The maximum Gasteiger partial charge on any atom is 0.0143 e. The minimum Gasteiger partial charge on any atom is -0.312 e. The third-order valence-corrected chi connectivity index (χ3v) is 3.52. The van der Waals surface area contributed by atoms with E-state index in [1.54, 1.807) is 0 Å². The summed E-state index contributed by atoms with van der Waals surface area (Å²) < 4.78 is 0. The number of hydrogen-bond donors (Lipinski definition) is 1. The van der Waals surface area contributed by atoms with Gasteiger partial charge in [-0.1, -0.05) is 39.8 Å². The van der Waals surface area contributed by atoms with Gasteiger partial charge in [-0.2, -0.15) is 11.8 Å². The third-order valence-electron chi connectivity index (χ3n) is 2.42. The maximum atomic E-state index is 4.08. The van der Waals surface area contributed by atoms with Crippen molar-refractivity contribution < 1.29 is 0 Å². The van der Waals surface area contributed by atoms with Crippen molar-refractivity contribution in [2.24, 2.45) is 5.92 Å². The highest BCUT2D eigenvalue weighted by molar-refractivity contribution is 7.99. The van der Waals surface area contributed by atoms with Crippen LogP contribution in [0.3, 0.4) is 0 Å². The van der Waals surface area contributed by atoms with Crippen molar-refractivity contribution in [3.63, 3.8) is 0 Å². The molecule has 0 radical (unpaired) electrons. The molecule has 2 heteroatoms. The van der Waals surface area contributed by atoms with Crippen LogP contribution in [0.15, 0.2) is 12.2 Å². The molecule has 0 aromatic rings. The molecule has 0 aromatic carbocycles. The molecule has 0 amide bonds. The lowest BCUT2D eigenvalue weighted by Crippen LogP contribution is -2.32. The number of nitrogens with one attached hydrogen (secondary N) is 1.